The monoisotopic (exact) mass is 276 g/mol. The van der Waals surface area contributed by atoms with Crippen LogP contribution in [0.5, 0.6) is 0 Å². The van der Waals surface area contributed by atoms with Gasteiger partial charge in [0.2, 0.25) is 0 Å². The van der Waals surface area contributed by atoms with Crippen LogP contribution in [-0.2, 0) is 13.0 Å². The Bertz CT molecular complexity index is 451. The predicted molar refractivity (Wildman–Crippen MR) is 77.8 cm³/mol. The molecule has 1 amide bonds. The van der Waals surface area contributed by atoms with Crippen molar-refractivity contribution in [2.24, 2.45) is 0 Å². The number of amides is 1. The van der Waals surface area contributed by atoms with Crippen molar-refractivity contribution in [3.05, 3.63) is 17.7 Å². The number of fused-ring (bicyclic) bond motifs is 1. The Balaban J connectivity index is 1.63. The van der Waals surface area contributed by atoms with Crippen molar-refractivity contribution >= 4 is 5.91 Å². The van der Waals surface area contributed by atoms with Crippen LogP contribution in [0, 0.1) is 0 Å². The number of piperazine rings is 1. The van der Waals surface area contributed by atoms with Gasteiger partial charge in [-0.05, 0) is 25.8 Å². The quantitative estimate of drug-likeness (QED) is 0.837. The first-order chi connectivity index (χ1) is 9.78. The topological polar surface area (TPSA) is 41.4 Å². The van der Waals surface area contributed by atoms with Gasteiger partial charge in [0, 0.05) is 45.3 Å². The Kier molecular flexibility index (Phi) is 4.05. The van der Waals surface area contributed by atoms with E-state index in [1.807, 2.05) is 11.1 Å². The van der Waals surface area contributed by atoms with Crippen molar-refractivity contribution in [3.63, 3.8) is 0 Å². The second kappa shape index (κ2) is 5.95. The first kappa shape index (κ1) is 13.6. The van der Waals surface area contributed by atoms with E-state index in [9.17, 15) is 4.79 Å². The molecule has 0 aliphatic carbocycles. The lowest BCUT2D eigenvalue weighted by atomic mass is 10.2. The number of rotatable bonds is 3. The van der Waals surface area contributed by atoms with Crippen LogP contribution in [0.2, 0.25) is 0 Å². The van der Waals surface area contributed by atoms with E-state index >= 15 is 0 Å². The molecule has 5 heteroatoms. The molecule has 0 unspecified atom stereocenters. The normalized spacial score (nSPS) is 19.9. The minimum Gasteiger partial charge on any atom is -0.335 e. The molecule has 20 heavy (non-hydrogen) atoms. The molecule has 2 aliphatic rings. The summed E-state index contributed by atoms with van der Waals surface area (Å²) in [5, 5.41) is 0. The van der Waals surface area contributed by atoms with E-state index in [4.69, 9.17) is 0 Å². The largest absolute Gasteiger partial charge is 0.335 e. The van der Waals surface area contributed by atoms with Gasteiger partial charge in [-0.15, -0.1) is 0 Å². The Labute approximate surface area is 120 Å². The van der Waals surface area contributed by atoms with E-state index in [-0.39, 0.29) is 5.91 Å². The van der Waals surface area contributed by atoms with Crippen LogP contribution >= 0.6 is 0 Å². The standard InChI is InChI=1S/C15H24N4O/c1-2-6-17-8-10-18(11-9-17)15(20)13-12-19-7-4-3-5-14(19)16-13/h12H,2-11H2,1H3. The average molecular weight is 276 g/mol. The average Bonchev–Trinajstić information content (AvgIpc) is 2.91. The number of aromatic nitrogens is 2. The maximum atomic E-state index is 12.5. The molecule has 0 bridgehead atoms. The van der Waals surface area contributed by atoms with E-state index in [0.717, 1.165) is 51.5 Å². The fourth-order valence-electron chi connectivity index (χ4n) is 3.17. The summed E-state index contributed by atoms with van der Waals surface area (Å²) < 4.78 is 2.16. The third-order valence-corrected chi connectivity index (χ3v) is 4.33. The Hall–Kier alpha value is -1.36. The zero-order valence-corrected chi connectivity index (χ0v) is 12.3. The van der Waals surface area contributed by atoms with Crippen LogP contribution in [0.1, 0.15) is 42.5 Å². The van der Waals surface area contributed by atoms with Crippen molar-refractivity contribution in [1.82, 2.24) is 19.4 Å². The number of nitrogens with zero attached hydrogens (tertiary/aromatic N) is 4. The van der Waals surface area contributed by atoms with Crippen molar-refractivity contribution in [3.8, 4) is 0 Å². The molecule has 3 heterocycles. The van der Waals surface area contributed by atoms with Crippen molar-refractivity contribution < 1.29 is 4.79 Å². The van der Waals surface area contributed by atoms with E-state index in [2.05, 4.69) is 21.4 Å². The van der Waals surface area contributed by atoms with E-state index in [1.54, 1.807) is 0 Å². The van der Waals surface area contributed by atoms with Gasteiger partial charge in [0.25, 0.3) is 5.91 Å². The Morgan fingerprint density at radius 1 is 1.20 bits per heavy atom. The van der Waals surface area contributed by atoms with Crippen molar-refractivity contribution in [2.45, 2.75) is 39.2 Å². The van der Waals surface area contributed by atoms with Crippen LogP contribution in [-0.4, -0.2) is 58.0 Å². The predicted octanol–water partition coefficient (Wildman–Crippen LogP) is 1.39. The summed E-state index contributed by atoms with van der Waals surface area (Å²) in [7, 11) is 0. The molecule has 0 radical (unpaired) electrons. The number of carbonyl (C=O) groups is 1. The first-order valence-corrected chi connectivity index (χ1v) is 7.85. The highest BCUT2D eigenvalue weighted by molar-refractivity contribution is 5.92. The summed E-state index contributed by atoms with van der Waals surface area (Å²) in [6, 6.07) is 0. The summed E-state index contributed by atoms with van der Waals surface area (Å²) in [5.41, 5.74) is 0.644. The smallest absolute Gasteiger partial charge is 0.274 e. The molecule has 2 aliphatic heterocycles. The molecule has 1 aromatic rings. The second-order valence-electron chi connectivity index (χ2n) is 5.83. The molecule has 0 saturated carbocycles. The molecule has 110 valence electrons. The molecule has 3 rings (SSSR count). The summed E-state index contributed by atoms with van der Waals surface area (Å²) in [4.78, 5) is 21.4. The molecule has 1 saturated heterocycles. The van der Waals surface area contributed by atoms with Gasteiger partial charge < -0.3 is 9.47 Å². The number of hydrogen-bond acceptors (Lipinski definition) is 3. The highest BCUT2D eigenvalue weighted by atomic mass is 16.2. The van der Waals surface area contributed by atoms with Crippen LogP contribution in [0.25, 0.3) is 0 Å². The highest BCUT2D eigenvalue weighted by Gasteiger charge is 2.24. The molecule has 1 fully saturated rings. The first-order valence-electron chi connectivity index (χ1n) is 7.85. The summed E-state index contributed by atoms with van der Waals surface area (Å²) in [6.07, 6.45) is 6.54. The minimum absolute atomic E-state index is 0.114. The highest BCUT2D eigenvalue weighted by Crippen LogP contribution is 2.16. The van der Waals surface area contributed by atoms with E-state index < -0.39 is 0 Å². The summed E-state index contributed by atoms with van der Waals surface area (Å²) in [5.74, 6) is 1.20. The fraction of sp³-hybridized carbons (Fsp3) is 0.733. The molecular weight excluding hydrogens is 252 g/mol. The number of aryl methyl sites for hydroxylation is 2. The van der Waals surface area contributed by atoms with Gasteiger partial charge in [-0.1, -0.05) is 6.92 Å². The number of imidazole rings is 1. The maximum absolute atomic E-state index is 12.5. The van der Waals surface area contributed by atoms with Gasteiger partial charge in [-0.2, -0.15) is 0 Å². The Morgan fingerprint density at radius 2 is 2.00 bits per heavy atom. The number of carbonyl (C=O) groups excluding carboxylic acids is 1. The lowest BCUT2D eigenvalue weighted by molar-refractivity contribution is 0.0632. The van der Waals surface area contributed by atoms with Gasteiger partial charge >= 0.3 is 0 Å². The third kappa shape index (κ3) is 2.73. The molecule has 5 nitrogen and oxygen atoms in total. The van der Waals surface area contributed by atoms with Crippen LogP contribution in [0.4, 0.5) is 0 Å². The molecular formula is C15H24N4O. The van der Waals surface area contributed by atoms with Gasteiger partial charge in [0.1, 0.15) is 11.5 Å². The van der Waals surface area contributed by atoms with E-state index in [1.165, 1.54) is 19.3 Å². The zero-order valence-electron chi connectivity index (χ0n) is 12.3. The Morgan fingerprint density at radius 3 is 2.70 bits per heavy atom. The second-order valence-corrected chi connectivity index (χ2v) is 5.83. The van der Waals surface area contributed by atoms with Crippen molar-refractivity contribution in [2.75, 3.05) is 32.7 Å². The van der Waals surface area contributed by atoms with Gasteiger partial charge in [-0.3, -0.25) is 9.69 Å². The lowest BCUT2D eigenvalue weighted by Crippen LogP contribution is -2.48. The molecule has 1 aromatic heterocycles. The molecule has 0 atom stereocenters. The number of hydrogen-bond donors (Lipinski definition) is 0. The molecule has 0 aromatic carbocycles. The fourth-order valence-corrected chi connectivity index (χ4v) is 3.17. The summed E-state index contributed by atoms with van der Waals surface area (Å²) >= 11 is 0. The van der Waals surface area contributed by atoms with Crippen LogP contribution < -0.4 is 0 Å². The molecule has 0 spiro atoms. The van der Waals surface area contributed by atoms with Gasteiger partial charge in [0.15, 0.2) is 0 Å². The van der Waals surface area contributed by atoms with Crippen molar-refractivity contribution in [1.29, 1.82) is 0 Å². The third-order valence-electron chi connectivity index (χ3n) is 4.33. The van der Waals surface area contributed by atoms with Gasteiger partial charge in [-0.25, -0.2) is 4.98 Å². The maximum Gasteiger partial charge on any atom is 0.274 e. The van der Waals surface area contributed by atoms with Gasteiger partial charge in [0.05, 0.1) is 0 Å². The zero-order chi connectivity index (χ0) is 13.9. The minimum atomic E-state index is 0.114. The lowest BCUT2D eigenvalue weighted by Gasteiger charge is -2.34. The SMILES string of the molecule is CCCN1CCN(C(=O)c2cn3c(n2)CCCC3)CC1. The van der Waals surface area contributed by atoms with Crippen LogP contribution in [0.3, 0.4) is 0 Å². The summed E-state index contributed by atoms with van der Waals surface area (Å²) in [6.45, 7) is 8.01. The molecule has 0 N–H and O–H groups in total. The van der Waals surface area contributed by atoms with Crippen LogP contribution in [0.15, 0.2) is 6.20 Å². The van der Waals surface area contributed by atoms with E-state index in [0.29, 0.717) is 5.69 Å².